The molecule has 0 saturated heterocycles. The molecule has 7 heteroatoms. The van der Waals surface area contributed by atoms with Crippen LogP contribution in [0.5, 0.6) is 0 Å². The molecule has 1 aromatic carbocycles. The molecule has 0 N–H and O–H groups in total. The molecule has 0 fully saturated rings. The van der Waals surface area contributed by atoms with Crippen molar-refractivity contribution in [3.63, 3.8) is 0 Å². The van der Waals surface area contributed by atoms with Gasteiger partial charge in [-0.2, -0.15) is 0 Å². The number of aryl methyl sites for hydroxylation is 1. The van der Waals surface area contributed by atoms with Crippen molar-refractivity contribution in [3.05, 3.63) is 60.7 Å². The lowest BCUT2D eigenvalue weighted by Crippen LogP contribution is -2.23. The van der Waals surface area contributed by atoms with Gasteiger partial charge in [0.15, 0.2) is 0 Å². The number of halogens is 4. The average molecular weight is 302 g/mol. The summed E-state index contributed by atoms with van der Waals surface area (Å²) in [6.07, 6.45) is 8.04. The van der Waals surface area contributed by atoms with Crippen molar-refractivity contribution in [1.82, 2.24) is 4.57 Å². The van der Waals surface area contributed by atoms with Gasteiger partial charge in [-0.15, -0.1) is 0 Å². The predicted octanol–water partition coefficient (Wildman–Crippen LogP) is 3.94. The van der Waals surface area contributed by atoms with E-state index in [1.165, 1.54) is 5.56 Å². The molecular weight excluding hydrogens is 283 g/mol. The van der Waals surface area contributed by atoms with Crippen LogP contribution in [-0.4, -0.2) is 11.8 Å². The standard InChI is InChI=1S/C13H15N2.CH4.BF4/c1-3-12-4-6-13(7-5-12)10-15-9-8-14(2)11-15;;2-1(3,4)5/h3-9,11H,1,10H2,2H3;1H4;/q+1;;-1. The van der Waals surface area contributed by atoms with E-state index in [0.717, 1.165) is 12.1 Å². The second-order valence-corrected chi connectivity index (χ2v) is 4.19. The van der Waals surface area contributed by atoms with E-state index in [-0.39, 0.29) is 7.43 Å². The van der Waals surface area contributed by atoms with Gasteiger partial charge in [-0.1, -0.05) is 44.3 Å². The summed E-state index contributed by atoms with van der Waals surface area (Å²) in [4.78, 5) is 0. The lowest BCUT2D eigenvalue weighted by molar-refractivity contribution is -0.671. The highest BCUT2D eigenvalue weighted by molar-refractivity contribution is 6.50. The van der Waals surface area contributed by atoms with E-state index in [1.54, 1.807) is 0 Å². The minimum atomic E-state index is -6.00. The third-order valence-corrected chi connectivity index (χ3v) is 2.40. The van der Waals surface area contributed by atoms with Crippen LogP contribution in [0, 0.1) is 0 Å². The predicted molar refractivity (Wildman–Crippen MR) is 78.2 cm³/mol. The molecule has 2 nitrogen and oxygen atoms in total. The van der Waals surface area contributed by atoms with E-state index in [4.69, 9.17) is 0 Å². The van der Waals surface area contributed by atoms with E-state index in [1.807, 2.05) is 23.9 Å². The molecule has 116 valence electrons. The molecule has 0 amide bonds. The van der Waals surface area contributed by atoms with Crippen molar-refractivity contribution in [2.75, 3.05) is 0 Å². The minimum absolute atomic E-state index is 0. The van der Waals surface area contributed by atoms with Crippen molar-refractivity contribution in [2.24, 2.45) is 7.05 Å². The van der Waals surface area contributed by atoms with Gasteiger partial charge in [0.2, 0.25) is 6.33 Å². The average Bonchev–Trinajstić information content (AvgIpc) is 2.74. The van der Waals surface area contributed by atoms with Crippen LogP contribution in [0.1, 0.15) is 18.6 Å². The van der Waals surface area contributed by atoms with Gasteiger partial charge >= 0.3 is 7.25 Å². The summed E-state index contributed by atoms with van der Waals surface area (Å²) >= 11 is 0. The maximum absolute atomic E-state index is 9.75. The molecule has 2 aromatic rings. The Labute approximate surface area is 122 Å². The van der Waals surface area contributed by atoms with Gasteiger partial charge in [-0.25, -0.2) is 9.13 Å². The van der Waals surface area contributed by atoms with Crippen LogP contribution in [0.4, 0.5) is 17.3 Å². The van der Waals surface area contributed by atoms with Crippen LogP contribution in [-0.2, 0) is 13.6 Å². The fourth-order valence-corrected chi connectivity index (χ4v) is 1.57. The Morgan fingerprint density at radius 2 is 1.71 bits per heavy atom. The number of aromatic nitrogens is 2. The maximum Gasteiger partial charge on any atom is 0.673 e. The Morgan fingerprint density at radius 1 is 1.19 bits per heavy atom. The van der Waals surface area contributed by atoms with Gasteiger partial charge in [0, 0.05) is 0 Å². The van der Waals surface area contributed by atoms with Gasteiger partial charge in [0.25, 0.3) is 0 Å². The lowest BCUT2D eigenvalue weighted by atomic mass is 10.1. The van der Waals surface area contributed by atoms with Crippen LogP contribution in [0.2, 0.25) is 0 Å². The van der Waals surface area contributed by atoms with Gasteiger partial charge in [-0.3, -0.25) is 0 Å². The zero-order chi connectivity index (χ0) is 15.2. The Morgan fingerprint density at radius 3 is 2.10 bits per heavy atom. The Bertz CT molecular complexity index is 541. The first-order valence-corrected chi connectivity index (χ1v) is 5.87. The van der Waals surface area contributed by atoms with E-state index < -0.39 is 7.25 Å². The normalized spacial score (nSPS) is 10.1. The molecule has 0 bridgehead atoms. The SMILES string of the molecule is C.C=Cc1ccc(Cn2cc[n+](C)c2)cc1.F[B-](F)(F)F. The van der Waals surface area contributed by atoms with E-state index in [2.05, 4.69) is 47.9 Å². The first-order valence-electron chi connectivity index (χ1n) is 5.87. The molecule has 1 aromatic heterocycles. The summed E-state index contributed by atoms with van der Waals surface area (Å²) in [7, 11) is -3.97. The quantitative estimate of drug-likeness (QED) is 0.461. The van der Waals surface area contributed by atoms with Gasteiger partial charge in [-0.05, 0) is 11.1 Å². The van der Waals surface area contributed by atoms with E-state index in [9.17, 15) is 17.3 Å². The molecular formula is C14H19BF4N2. The molecule has 0 aliphatic carbocycles. The molecule has 21 heavy (non-hydrogen) atoms. The zero-order valence-electron chi connectivity index (χ0n) is 11.0. The van der Waals surface area contributed by atoms with Gasteiger partial charge in [0.1, 0.15) is 18.9 Å². The third-order valence-electron chi connectivity index (χ3n) is 2.40. The van der Waals surface area contributed by atoms with Crippen molar-refractivity contribution >= 4 is 13.3 Å². The summed E-state index contributed by atoms with van der Waals surface area (Å²) in [5, 5.41) is 0. The lowest BCUT2D eigenvalue weighted by Gasteiger charge is -1.98. The van der Waals surface area contributed by atoms with E-state index >= 15 is 0 Å². The molecule has 0 aliphatic heterocycles. The topological polar surface area (TPSA) is 8.81 Å². The minimum Gasteiger partial charge on any atom is -0.418 e. The zero-order valence-corrected chi connectivity index (χ0v) is 11.0. The molecule has 1 heterocycles. The number of nitrogens with zero attached hydrogens (tertiary/aromatic N) is 2. The van der Waals surface area contributed by atoms with Gasteiger partial charge < -0.3 is 17.3 Å². The fourth-order valence-electron chi connectivity index (χ4n) is 1.57. The van der Waals surface area contributed by atoms with Crippen LogP contribution in [0.3, 0.4) is 0 Å². The Hall–Kier alpha value is -2.05. The highest BCUT2D eigenvalue weighted by Crippen LogP contribution is 2.07. The Balaban J connectivity index is 0.000000583. The largest absolute Gasteiger partial charge is 0.673 e. The van der Waals surface area contributed by atoms with Crippen LogP contribution >= 0.6 is 0 Å². The first-order chi connectivity index (χ1) is 9.28. The van der Waals surface area contributed by atoms with E-state index in [0.29, 0.717) is 0 Å². The molecule has 0 radical (unpaired) electrons. The second kappa shape index (κ2) is 8.29. The Kier molecular flexibility index (Phi) is 7.48. The van der Waals surface area contributed by atoms with Crippen molar-refractivity contribution < 1.29 is 21.8 Å². The summed E-state index contributed by atoms with van der Waals surface area (Å²) in [6, 6.07) is 8.45. The molecule has 2 rings (SSSR count). The molecule has 0 aliphatic rings. The summed E-state index contributed by atoms with van der Waals surface area (Å²) in [6.45, 7) is 4.65. The molecule has 0 unspecified atom stereocenters. The summed E-state index contributed by atoms with van der Waals surface area (Å²) in [5.41, 5.74) is 2.47. The van der Waals surface area contributed by atoms with Crippen molar-refractivity contribution in [3.8, 4) is 0 Å². The number of imidazole rings is 1. The second-order valence-electron chi connectivity index (χ2n) is 4.19. The van der Waals surface area contributed by atoms with Crippen molar-refractivity contribution in [1.29, 1.82) is 0 Å². The first kappa shape index (κ1) is 19.0. The number of benzene rings is 1. The molecule has 0 saturated carbocycles. The number of hydrogen-bond donors (Lipinski definition) is 0. The third kappa shape index (κ3) is 8.67. The van der Waals surface area contributed by atoms with Gasteiger partial charge in [0.05, 0.1) is 7.05 Å². The fraction of sp³-hybridized carbons (Fsp3) is 0.214. The van der Waals surface area contributed by atoms with Crippen molar-refractivity contribution in [2.45, 2.75) is 14.0 Å². The summed E-state index contributed by atoms with van der Waals surface area (Å²) in [5.74, 6) is 0. The van der Waals surface area contributed by atoms with Crippen LogP contribution in [0.15, 0.2) is 49.6 Å². The molecule has 0 atom stereocenters. The van der Waals surface area contributed by atoms with Crippen LogP contribution in [0.25, 0.3) is 6.08 Å². The highest BCUT2D eigenvalue weighted by atomic mass is 19.5. The summed E-state index contributed by atoms with van der Waals surface area (Å²) < 4.78 is 43.2. The maximum atomic E-state index is 9.75. The number of hydrogen-bond acceptors (Lipinski definition) is 0. The van der Waals surface area contributed by atoms with Crippen LogP contribution < -0.4 is 4.57 Å². The smallest absolute Gasteiger partial charge is 0.418 e. The number of rotatable bonds is 3. The molecule has 0 spiro atoms. The monoisotopic (exact) mass is 302 g/mol. The highest BCUT2D eigenvalue weighted by Gasteiger charge is 2.20.